The minimum atomic E-state index is -0.364. The van der Waals surface area contributed by atoms with Crippen molar-refractivity contribution < 1.29 is 14.3 Å². The number of carbonyl (C=O) groups is 2. The van der Waals surface area contributed by atoms with E-state index in [9.17, 15) is 9.59 Å². The van der Waals surface area contributed by atoms with Gasteiger partial charge in [0.15, 0.2) is 5.11 Å². The van der Waals surface area contributed by atoms with Crippen LogP contribution in [0.4, 0.5) is 11.4 Å². The third-order valence-corrected chi connectivity index (χ3v) is 5.42. The van der Waals surface area contributed by atoms with E-state index in [0.717, 1.165) is 12.0 Å². The van der Waals surface area contributed by atoms with Crippen LogP contribution in [-0.4, -0.2) is 23.5 Å². The van der Waals surface area contributed by atoms with Crippen LogP contribution >= 0.6 is 12.2 Å². The van der Waals surface area contributed by atoms with Gasteiger partial charge in [0.1, 0.15) is 5.75 Å². The van der Waals surface area contributed by atoms with Gasteiger partial charge in [-0.15, -0.1) is 0 Å². The molecule has 0 unspecified atom stereocenters. The average molecular weight is 490 g/mol. The molecule has 0 saturated heterocycles. The Morgan fingerprint density at radius 2 is 1.51 bits per heavy atom. The van der Waals surface area contributed by atoms with Crippen molar-refractivity contribution in [2.24, 2.45) is 0 Å². The molecule has 0 bridgehead atoms. The van der Waals surface area contributed by atoms with Crippen LogP contribution in [0.5, 0.6) is 5.75 Å². The summed E-state index contributed by atoms with van der Waals surface area (Å²) in [5, 5.41) is 8.71. The fourth-order valence-electron chi connectivity index (χ4n) is 3.32. The van der Waals surface area contributed by atoms with Gasteiger partial charge in [0.25, 0.3) is 11.8 Å². The first-order valence-corrected chi connectivity index (χ1v) is 11.9. The van der Waals surface area contributed by atoms with Crippen molar-refractivity contribution in [3.8, 4) is 5.75 Å². The molecule has 2 amide bonds. The van der Waals surface area contributed by atoms with Gasteiger partial charge in [0.2, 0.25) is 0 Å². The summed E-state index contributed by atoms with van der Waals surface area (Å²) in [7, 11) is 0. The van der Waals surface area contributed by atoms with Gasteiger partial charge in [0, 0.05) is 16.9 Å². The van der Waals surface area contributed by atoms with E-state index in [1.54, 1.807) is 42.5 Å². The highest BCUT2D eigenvalue weighted by atomic mass is 32.1. The van der Waals surface area contributed by atoms with Crippen LogP contribution in [0, 0.1) is 0 Å². The summed E-state index contributed by atoms with van der Waals surface area (Å²) in [6, 6.07) is 21.7. The molecule has 0 saturated carbocycles. The largest absolute Gasteiger partial charge is 0.493 e. The summed E-state index contributed by atoms with van der Waals surface area (Å²) < 4.78 is 5.65. The molecule has 0 fully saturated rings. The number of para-hydroxylation sites is 1. The summed E-state index contributed by atoms with van der Waals surface area (Å²) in [5.41, 5.74) is 3.40. The molecule has 3 aromatic rings. The van der Waals surface area contributed by atoms with Gasteiger partial charge in [-0.25, -0.2) is 0 Å². The minimum Gasteiger partial charge on any atom is -0.493 e. The lowest BCUT2D eigenvalue weighted by Gasteiger charge is -2.19. The fraction of sp³-hybridized carbons (Fsp3) is 0.250. The number of carbonyl (C=O) groups excluding carboxylic acids is 2. The Hall–Kier alpha value is -3.71. The van der Waals surface area contributed by atoms with Crippen LogP contribution in [0.3, 0.4) is 0 Å². The van der Waals surface area contributed by atoms with Crippen molar-refractivity contribution in [3.05, 3.63) is 89.5 Å². The highest BCUT2D eigenvalue weighted by Gasteiger charge is 2.15. The van der Waals surface area contributed by atoms with E-state index < -0.39 is 0 Å². The second-order valence-corrected chi connectivity index (χ2v) is 9.52. The molecule has 3 N–H and O–H groups in total. The molecule has 0 spiro atoms. The number of thiocarbonyl (C=S) groups is 1. The van der Waals surface area contributed by atoms with E-state index in [0.29, 0.717) is 34.9 Å². The Balaban J connectivity index is 1.61. The molecule has 0 aliphatic rings. The molecule has 3 aromatic carbocycles. The molecule has 182 valence electrons. The molecule has 0 aliphatic carbocycles. The average Bonchev–Trinajstić information content (AvgIpc) is 2.82. The van der Waals surface area contributed by atoms with Crippen molar-refractivity contribution in [2.75, 3.05) is 17.2 Å². The predicted molar refractivity (Wildman–Crippen MR) is 145 cm³/mol. The molecule has 0 radical (unpaired) electrons. The van der Waals surface area contributed by atoms with Crippen LogP contribution < -0.4 is 20.7 Å². The van der Waals surface area contributed by atoms with Crippen molar-refractivity contribution >= 4 is 40.5 Å². The topological polar surface area (TPSA) is 79.5 Å². The number of anilines is 2. The van der Waals surface area contributed by atoms with Gasteiger partial charge >= 0.3 is 0 Å². The predicted octanol–water partition coefficient (Wildman–Crippen LogP) is 6.15. The van der Waals surface area contributed by atoms with Gasteiger partial charge < -0.3 is 15.4 Å². The van der Waals surface area contributed by atoms with Gasteiger partial charge in [-0.05, 0) is 72.1 Å². The van der Waals surface area contributed by atoms with Crippen molar-refractivity contribution in [1.29, 1.82) is 0 Å². The van der Waals surface area contributed by atoms with Crippen LogP contribution in [0.25, 0.3) is 0 Å². The maximum Gasteiger partial charge on any atom is 0.261 e. The first kappa shape index (κ1) is 25.9. The highest BCUT2D eigenvalue weighted by molar-refractivity contribution is 7.80. The number of rotatable bonds is 7. The normalized spacial score (nSPS) is 10.9. The summed E-state index contributed by atoms with van der Waals surface area (Å²) in [6.45, 7) is 8.92. The smallest absolute Gasteiger partial charge is 0.261 e. The molecular weight excluding hydrogens is 458 g/mol. The molecule has 0 aliphatic heterocycles. The lowest BCUT2D eigenvalue weighted by Crippen LogP contribution is -2.34. The number of benzene rings is 3. The van der Waals surface area contributed by atoms with E-state index in [4.69, 9.17) is 17.0 Å². The molecule has 3 rings (SSSR count). The molecule has 35 heavy (non-hydrogen) atoms. The van der Waals surface area contributed by atoms with Crippen LogP contribution in [-0.2, 0) is 5.41 Å². The van der Waals surface area contributed by atoms with E-state index in [1.165, 1.54) is 0 Å². The Morgan fingerprint density at radius 1 is 0.857 bits per heavy atom. The Kier molecular flexibility index (Phi) is 8.60. The van der Waals surface area contributed by atoms with E-state index in [1.807, 2.05) is 37.3 Å². The first-order chi connectivity index (χ1) is 16.7. The first-order valence-electron chi connectivity index (χ1n) is 11.5. The zero-order chi connectivity index (χ0) is 25.4. The summed E-state index contributed by atoms with van der Waals surface area (Å²) in [4.78, 5) is 25.4. The standard InChI is InChI=1S/C28H31N3O3S/c1-5-17-34-24-12-7-6-11-23(24)26(33)31-27(35)30-22-10-8-9-21(18-22)29-25(32)19-13-15-20(16-14-19)28(2,3)4/h6-16,18H,5,17H2,1-4H3,(H,29,32)(H2,30,31,33,35). The second kappa shape index (κ2) is 11.6. The molecule has 6 nitrogen and oxygen atoms in total. The molecule has 0 atom stereocenters. The Bertz CT molecular complexity index is 1200. The van der Waals surface area contributed by atoms with Crippen molar-refractivity contribution in [1.82, 2.24) is 5.32 Å². The zero-order valence-electron chi connectivity index (χ0n) is 20.5. The lowest BCUT2D eigenvalue weighted by atomic mass is 9.87. The Morgan fingerprint density at radius 3 is 2.17 bits per heavy atom. The maximum atomic E-state index is 12.7. The van der Waals surface area contributed by atoms with Gasteiger partial charge in [-0.3, -0.25) is 14.9 Å². The van der Waals surface area contributed by atoms with E-state index >= 15 is 0 Å². The Labute approximate surface area is 212 Å². The second-order valence-electron chi connectivity index (χ2n) is 9.12. The third-order valence-electron chi connectivity index (χ3n) is 5.21. The summed E-state index contributed by atoms with van der Waals surface area (Å²) in [6.07, 6.45) is 0.838. The minimum absolute atomic E-state index is 0.0213. The quantitative estimate of drug-likeness (QED) is 0.347. The van der Waals surface area contributed by atoms with Crippen LogP contribution in [0.1, 0.15) is 60.4 Å². The zero-order valence-corrected chi connectivity index (χ0v) is 21.3. The number of hydrogen-bond donors (Lipinski definition) is 3. The molecule has 0 aromatic heterocycles. The van der Waals surface area contributed by atoms with Crippen LogP contribution in [0.15, 0.2) is 72.8 Å². The SMILES string of the molecule is CCCOc1ccccc1C(=O)NC(=S)Nc1cccc(NC(=O)c2ccc(C(C)(C)C)cc2)c1. The number of nitrogens with one attached hydrogen (secondary N) is 3. The van der Waals surface area contributed by atoms with Gasteiger partial charge in [0.05, 0.1) is 12.2 Å². The maximum absolute atomic E-state index is 12.7. The van der Waals surface area contributed by atoms with Gasteiger partial charge in [-0.2, -0.15) is 0 Å². The summed E-state index contributed by atoms with van der Waals surface area (Å²) in [5.74, 6) is -0.0607. The number of amides is 2. The van der Waals surface area contributed by atoms with Crippen molar-refractivity contribution in [2.45, 2.75) is 39.5 Å². The van der Waals surface area contributed by atoms with Crippen LogP contribution in [0.2, 0.25) is 0 Å². The highest BCUT2D eigenvalue weighted by Crippen LogP contribution is 2.23. The molecular formula is C28H31N3O3S. The van der Waals surface area contributed by atoms with E-state index in [-0.39, 0.29) is 22.3 Å². The molecule has 7 heteroatoms. The molecule has 0 heterocycles. The van der Waals surface area contributed by atoms with Crippen molar-refractivity contribution in [3.63, 3.8) is 0 Å². The number of hydrogen-bond acceptors (Lipinski definition) is 4. The van der Waals surface area contributed by atoms with Gasteiger partial charge in [-0.1, -0.05) is 58.0 Å². The number of ether oxygens (including phenoxy) is 1. The lowest BCUT2D eigenvalue weighted by molar-refractivity contribution is 0.0972. The monoisotopic (exact) mass is 489 g/mol. The third kappa shape index (κ3) is 7.39. The fourth-order valence-corrected chi connectivity index (χ4v) is 3.54. The van der Waals surface area contributed by atoms with E-state index in [2.05, 4.69) is 36.7 Å². The summed E-state index contributed by atoms with van der Waals surface area (Å²) >= 11 is 5.32.